The van der Waals surface area contributed by atoms with Crippen LogP contribution in [0.15, 0.2) is 39.9 Å². The van der Waals surface area contributed by atoms with E-state index in [1.807, 2.05) is 37.3 Å². The monoisotopic (exact) mass is 331 g/mol. The lowest BCUT2D eigenvalue weighted by Gasteiger charge is -2.10. The number of thioether (sulfide) groups is 1. The fraction of sp³-hybridized carbons (Fsp3) is 0.267. The largest absolute Gasteiger partial charge is 0.459 e. The number of carbonyl (C=O) groups is 1. The summed E-state index contributed by atoms with van der Waals surface area (Å²) in [4.78, 5) is 12.1. The summed E-state index contributed by atoms with van der Waals surface area (Å²) in [5.74, 6) is 7.16. The van der Waals surface area contributed by atoms with Gasteiger partial charge in [0.05, 0.1) is 11.8 Å². The van der Waals surface area contributed by atoms with Crippen LogP contribution in [0.25, 0.3) is 11.0 Å². The molecular weight excluding hydrogens is 314 g/mol. The Morgan fingerprint density at radius 3 is 2.91 bits per heavy atom. The Kier molecular flexibility index (Phi) is 4.24. The Morgan fingerprint density at radius 2 is 2.22 bits per heavy atom. The highest BCUT2D eigenvalue weighted by atomic mass is 32.2. The smallest absolute Gasteiger partial charge is 0.231 e. The average Bonchev–Trinajstić information content (AvgIpc) is 3.10. The number of carbonyl (C=O) groups excluding carboxylic acids is 1. The molecule has 23 heavy (non-hydrogen) atoms. The molecule has 0 aliphatic heterocycles. The summed E-state index contributed by atoms with van der Waals surface area (Å²) in [7, 11) is 0. The molecule has 2 aromatic heterocycles. The van der Waals surface area contributed by atoms with Crippen LogP contribution in [-0.4, -0.2) is 26.5 Å². The summed E-state index contributed by atoms with van der Waals surface area (Å²) in [5, 5.41) is 12.2. The molecule has 1 atom stereocenters. The molecule has 0 saturated heterocycles. The summed E-state index contributed by atoms with van der Waals surface area (Å²) in [6.07, 6.45) is 0. The number of aryl methyl sites for hydroxylation is 1. The van der Waals surface area contributed by atoms with Crippen molar-refractivity contribution in [2.24, 2.45) is 0 Å². The average molecular weight is 331 g/mol. The van der Waals surface area contributed by atoms with Gasteiger partial charge >= 0.3 is 0 Å². The van der Waals surface area contributed by atoms with Gasteiger partial charge in [-0.15, -0.1) is 10.2 Å². The van der Waals surface area contributed by atoms with E-state index in [1.54, 1.807) is 6.92 Å². The first kappa shape index (κ1) is 15.4. The predicted molar refractivity (Wildman–Crippen MR) is 88.4 cm³/mol. The quantitative estimate of drug-likeness (QED) is 0.548. The highest BCUT2D eigenvalue weighted by molar-refractivity contribution is 7.99. The third-order valence-electron chi connectivity index (χ3n) is 3.42. The number of nitrogens with two attached hydrogens (primary N) is 1. The van der Waals surface area contributed by atoms with Crippen LogP contribution in [-0.2, 0) is 4.79 Å². The van der Waals surface area contributed by atoms with E-state index in [9.17, 15) is 4.79 Å². The fourth-order valence-electron chi connectivity index (χ4n) is 2.15. The van der Waals surface area contributed by atoms with Crippen molar-refractivity contribution in [3.8, 4) is 0 Å². The van der Waals surface area contributed by atoms with Gasteiger partial charge in [-0.3, -0.25) is 4.79 Å². The molecule has 0 bridgehead atoms. The maximum atomic E-state index is 12.1. The molecular formula is C15H17N5O2S. The number of hydrogen-bond acceptors (Lipinski definition) is 6. The van der Waals surface area contributed by atoms with Gasteiger partial charge in [0.2, 0.25) is 11.1 Å². The number of rotatable bonds is 5. The lowest BCUT2D eigenvalue weighted by molar-refractivity contribution is -0.119. The minimum Gasteiger partial charge on any atom is -0.459 e. The Balaban J connectivity index is 1.59. The van der Waals surface area contributed by atoms with Crippen molar-refractivity contribution in [3.05, 3.63) is 41.9 Å². The highest BCUT2D eigenvalue weighted by Crippen LogP contribution is 2.23. The summed E-state index contributed by atoms with van der Waals surface area (Å²) >= 11 is 1.24. The first-order valence-corrected chi connectivity index (χ1v) is 8.11. The number of fused-ring (bicyclic) bond motifs is 1. The second-order valence-corrected chi connectivity index (χ2v) is 6.11. The molecule has 3 rings (SSSR count). The van der Waals surface area contributed by atoms with Gasteiger partial charge in [-0.1, -0.05) is 30.0 Å². The number of hydrogen-bond donors (Lipinski definition) is 2. The van der Waals surface area contributed by atoms with E-state index in [0.29, 0.717) is 11.0 Å². The number of para-hydroxylation sites is 1. The minimum absolute atomic E-state index is 0.122. The molecule has 2 heterocycles. The van der Waals surface area contributed by atoms with E-state index in [-0.39, 0.29) is 17.7 Å². The summed E-state index contributed by atoms with van der Waals surface area (Å²) in [6, 6.07) is 9.47. The normalized spacial score (nSPS) is 12.4. The number of nitrogens with one attached hydrogen (secondary N) is 1. The zero-order valence-electron chi connectivity index (χ0n) is 12.8. The molecule has 8 heteroatoms. The second-order valence-electron chi connectivity index (χ2n) is 5.16. The zero-order chi connectivity index (χ0) is 16.4. The molecule has 1 aromatic carbocycles. The van der Waals surface area contributed by atoms with E-state index in [4.69, 9.17) is 10.3 Å². The van der Waals surface area contributed by atoms with Crippen LogP contribution in [0.4, 0.5) is 0 Å². The van der Waals surface area contributed by atoms with E-state index in [1.165, 1.54) is 16.4 Å². The van der Waals surface area contributed by atoms with Crippen molar-refractivity contribution in [3.63, 3.8) is 0 Å². The van der Waals surface area contributed by atoms with Gasteiger partial charge in [0, 0.05) is 5.39 Å². The topological polar surface area (TPSA) is 99.0 Å². The van der Waals surface area contributed by atoms with Gasteiger partial charge in [-0.05, 0) is 26.0 Å². The van der Waals surface area contributed by atoms with Crippen LogP contribution >= 0.6 is 11.8 Å². The number of aromatic nitrogens is 3. The van der Waals surface area contributed by atoms with Crippen LogP contribution in [0.1, 0.15) is 24.6 Å². The number of benzene rings is 1. The van der Waals surface area contributed by atoms with Crippen LogP contribution in [0.2, 0.25) is 0 Å². The highest BCUT2D eigenvalue weighted by Gasteiger charge is 2.15. The van der Waals surface area contributed by atoms with Gasteiger partial charge in [0.15, 0.2) is 0 Å². The standard InChI is InChI=1S/C15H17N5O2S/c1-9(13-7-11-5-3-4-6-12(11)22-13)17-14(21)8-23-15-19-18-10(2)20(15)16/h3-7,9H,8,16H2,1-2H3,(H,17,21)/t9-/m0/s1. The molecule has 120 valence electrons. The molecule has 3 aromatic rings. The lowest BCUT2D eigenvalue weighted by atomic mass is 10.2. The first-order chi connectivity index (χ1) is 11.0. The molecule has 0 radical (unpaired) electrons. The Labute approximate surface area is 137 Å². The molecule has 3 N–H and O–H groups in total. The third-order valence-corrected chi connectivity index (χ3v) is 4.36. The van der Waals surface area contributed by atoms with Crippen LogP contribution in [0.5, 0.6) is 0 Å². The van der Waals surface area contributed by atoms with Crippen molar-refractivity contribution in [2.75, 3.05) is 11.6 Å². The SMILES string of the molecule is Cc1nnc(SCC(=O)N[C@@H](C)c2cc3ccccc3o2)n1N. The number of nitrogens with zero attached hydrogens (tertiary/aromatic N) is 3. The van der Waals surface area contributed by atoms with E-state index >= 15 is 0 Å². The van der Waals surface area contributed by atoms with Crippen molar-refractivity contribution < 1.29 is 9.21 Å². The van der Waals surface area contributed by atoms with Gasteiger partial charge in [-0.2, -0.15) is 0 Å². The van der Waals surface area contributed by atoms with Gasteiger partial charge < -0.3 is 15.6 Å². The van der Waals surface area contributed by atoms with Crippen LogP contribution < -0.4 is 11.2 Å². The minimum atomic E-state index is -0.215. The second kappa shape index (κ2) is 6.33. The van der Waals surface area contributed by atoms with Gasteiger partial charge in [0.1, 0.15) is 17.2 Å². The van der Waals surface area contributed by atoms with Crippen molar-refractivity contribution in [1.82, 2.24) is 20.2 Å². The van der Waals surface area contributed by atoms with E-state index in [0.717, 1.165) is 16.7 Å². The molecule has 0 spiro atoms. The Hall–Kier alpha value is -2.48. The molecule has 0 aliphatic rings. The molecule has 0 fully saturated rings. The van der Waals surface area contributed by atoms with E-state index < -0.39 is 0 Å². The van der Waals surface area contributed by atoms with Crippen molar-refractivity contribution >= 4 is 28.6 Å². The van der Waals surface area contributed by atoms with Crippen molar-refractivity contribution in [1.29, 1.82) is 0 Å². The Morgan fingerprint density at radius 1 is 1.43 bits per heavy atom. The first-order valence-electron chi connectivity index (χ1n) is 7.12. The molecule has 0 aliphatic carbocycles. The number of furan rings is 1. The molecule has 0 unspecified atom stereocenters. The zero-order valence-corrected chi connectivity index (χ0v) is 13.6. The number of amides is 1. The lowest BCUT2D eigenvalue weighted by Crippen LogP contribution is -2.28. The molecule has 1 amide bonds. The summed E-state index contributed by atoms with van der Waals surface area (Å²) in [6.45, 7) is 3.64. The molecule has 7 nitrogen and oxygen atoms in total. The van der Waals surface area contributed by atoms with E-state index in [2.05, 4.69) is 15.5 Å². The van der Waals surface area contributed by atoms with Gasteiger partial charge in [-0.25, -0.2) is 4.68 Å². The molecule has 0 saturated carbocycles. The Bertz CT molecular complexity index is 808. The van der Waals surface area contributed by atoms with Gasteiger partial charge in [0.25, 0.3) is 0 Å². The maximum absolute atomic E-state index is 12.1. The predicted octanol–water partition coefficient (Wildman–Crippen LogP) is 2.02. The third kappa shape index (κ3) is 3.31. The number of nitrogen functional groups attached to an aromatic ring is 1. The van der Waals surface area contributed by atoms with Crippen LogP contribution in [0.3, 0.4) is 0 Å². The maximum Gasteiger partial charge on any atom is 0.231 e. The van der Waals surface area contributed by atoms with Crippen molar-refractivity contribution in [2.45, 2.75) is 25.0 Å². The summed E-state index contributed by atoms with van der Waals surface area (Å²) in [5.41, 5.74) is 0.810. The van der Waals surface area contributed by atoms with Crippen LogP contribution in [0, 0.1) is 6.92 Å². The summed E-state index contributed by atoms with van der Waals surface area (Å²) < 4.78 is 7.11. The fourth-order valence-corrected chi connectivity index (χ4v) is 2.86.